The summed E-state index contributed by atoms with van der Waals surface area (Å²) in [5.41, 5.74) is 2.40. The van der Waals surface area contributed by atoms with Gasteiger partial charge in [-0.2, -0.15) is 5.10 Å². The van der Waals surface area contributed by atoms with E-state index in [4.69, 9.17) is 0 Å². The Morgan fingerprint density at radius 1 is 1.39 bits per heavy atom. The van der Waals surface area contributed by atoms with Crippen molar-refractivity contribution in [3.05, 3.63) is 48.4 Å². The summed E-state index contributed by atoms with van der Waals surface area (Å²) in [6, 6.07) is 7.63. The lowest BCUT2D eigenvalue weighted by atomic mass is 10.1. The minimum atomic E-state index is -0.137. The van der Waals surface area contributed by atoms with Gasteiger partial charge in [-0.15, -0.1) is 0 Å². The number of carbonyl (C=O) groups excluding carboxylic acids is 1. The highest BCUT2D eigenvalue weighted by molar-refractivity contribution is 6.06. The van der Waals surface area contributed by atoms with Crippen LogP contribution in [0.25, 0.3) is 10.9 Å². The number of fused-ring (bicyclic) bond motifs is 1. The highest BCUT2D eigenvalue weighted by Gasteiger charge is 2.08. The van der Waals surface area contributed by atoms with E-state index < -0.39 is 0 Å². The number of rotatable bonds is 2. The number of hydrogen-bond acceptors (Lipinski definition) is 2. The maximum absolute atomic E-state index is 12.0. The number of nitrogens with one attached hydrogen (secondary N) is 2. The van der Waals surface area contributed by atoms with Gasteiger partial charge in [0.2, 0.25) is 0 Å². The molecule has 2 aromatic heterocycles. The van der Waals surface area contributed by atoms with Crippen molar-refractivity contribution in [2.75, 3.05) is 5.32 Å². The van der Waals surface area contributed by atoms with E-state index in [1.54, 1.807) is 12.4 Å². The van der Waals surface area contributed by atoms with Gasteiger partial charge in [-0.3, -0.25) is 9.89 Å². The molecule has 2 N–H and O–H groups in total. The van der Waals surface area contributed by atoms with Gasteiger partial charge in [-0.25, -0.2) is 0 Å². The molecule has 0 fully saturated rings. The van der Waals surface area contributed by atoms with Gasteiger partial charge in [0, 0.05) is 35.9 Å². The number of benzene rings is 1. The first-order valence-corrected chi connectivity index (χ1v) is 5.59. The second-order valence-corrected chi connectivity index (χ2v) is 4.14. The lowest BCUT2D eigenvalue weighted by Gasteiger charge is -2.03. The SMILES string of the molecule is Cn1ccc2cc(C(=O)Nc3cn[nH]c3)ccc21. The molecule has 1 aromatic carbocycles. The first-order chi connectivity index (χ1) is 8.74. The molecule has 0 bridgehead atoms. The summed E-state index contributed by atoms with van der Waals surface area (Å²) in [7, 11) is 1.98. The summed E-state index contributed by atoms with van der Waals surface area (Å²) in [6.07, 6.45) is 5.18. The molecule has 0 radical (unpaired) electrons. The van der Waals surface area contributed by atoms with E-state index in [-0.39, 0.29) is 5.91 Å². The molecule has 2 heterocycles. The molecule has 0 aliphatic heterocycles. The Labute approximate surface area is 103 Å². The van der Waals surface area contributed by atoms with Crippen molar-refractivity contribution in [2.24, 2.45) is 7.05 Å². The summed E-state index contributed by atoms with van der Waals surface area (Å²) in [5.74, 6) is -0.137. The number of carbonyl (C=O) groups is 1. The summed E-state index contributed by atoms with van der Waals surface area (Å²) in [5, 5.41) is 10.3. The molecule has 5 heteroatoms. The summed E-state index contributed by atoms with van der Waals surface area (Å²) < 4.78 is 2.02. The Balaban J connectivity index is 1.92. The van der Waals surface area contributed by atoms with Crippen LogP contribution in [0.4, 0.5) is 5.69 Å². The van der Waals surface area contributed by atoms with Gasteiger partial charge in [0.05, 0.1) is 11.9 Å². The Morgan fingerprint density at radius 2 is 2.28 bits per heavy atom. The number of anilines is 1. The van der Waals surface area contributed by atoms with Gasteiger partial charge in [-0.05, 0) is 24.3 Å². The van der Waals surface area contributed by atoms with Crippen LogP contribution in [0.2, 0.25) is 0 Å². The van der Waals surface area contributed by atoms with Crippen molar-refractivity contribution in [1.29, 1.82) is 0 Å². The highest BCUT2D eigenvalue weighted by atomic mass is 16.1. The monoisotopic (exact) mass is 240 g/mol. The maximum Gasteiger partial charge on any atom is 0.255 e. The van der Waals surface area contributed by atoms with Gasteiger partial charge in [0.25, 0.3) is 5.91 Å². The van der Waals surface area contributed by atoms with Crippen LogP contribution in [0.15, 0.2) is 42.9 Å². The third-order valence-electron chi connectivity index (χ3n) is 2.90. The van der Waals surface area contributed by atoms with E-state index in [2.05, 4.69) is 15.5 Å². The molecule has 0 aliphatic rings. The fraction of sp³-hybridized carbons (Fsp3) is 0.0769. The molecule has 0 atom stereocenters. The molecule has 0 saturated heterocycles. The lowest BCUT2D eigenvalue weighted by molar-refractivity contribution is 0.102. The first kappa shape index (κ1) is 10.6. The van der Waals surface area contributed by atoms with Crippen LogP contribution in [0.3, 0.4) is 0 Å². The van der Waals surface area contributed by atoms with Crippen molar-refractivity contribution >= 4 is 22.5 Å². The molecule has 0 saturated carbocycles. The number of aryl methyl sites for hydroxylation is 1. The number of aromatic nitrogens is 3. The molecule has 0 aliphatic carbocycles. The average Bonchev–Trinajstić information content (AvgIpc) is 2.99. The largest absolute Gasteiger partial charge is 0.351 e. The summed E-state index contributed by atoms with van der Waals surface area (Å²) in [4.78, 5) is 12.0. The number of amides is 1. The van der Waals surface area contributed by atoms with E-state index in [0.29, 0.717) is 11.3 Å². The topological polar surface area (TPSA) is 62.7 Å². The lowest BCUT2D eigenvalue weighted by Crippen LogP contribution is -2.11. The minimum Gasteiger partial charge on any atom is -0.351 e. The number of hydrogen-bond donors (Lipinski definition) is 2. The third kappa shape index (κ3) is 1.75. The van der Waals surface area contributed by atoms with Gasteiger partial charge in [0.1, 0.15) is 0 Å². The van der Waals surface area contributed by atoms with Crippen LogP contribution in [0.5, 0.6) is 0 Å². The van der Waals surface area contributed by atoms with Crippen LogP contribution in [-0.4, -0.2) is 20.7 Å². The maximum atomic E-state index is 12.0. The van der Waals surface area contributed by atoms with Gasteiger partial charge in [-0.1, -0.05) is 0 Å². The van der Waals surface area contributed by atoms with Crippen molar-refractivity contribution < 1.29 is 4.79 Å². The first-order valence-electron chi connectivity index (χ1n) is 5.59. The van der Waals surface area contributed by atoms with Gasteiger partial charge < -0.3 is 9.88 Å². The van der Waals surface area contributed by atoms with Crippen molar-refractivity contribution in [2.45, 2.75) is 0 Å². The Kier molecular flexibility index (Phi) is 2.37. The third-order valence-corrected chi connectivity index (χ3v) is 2.90. The Bertz CT molecular complexity index is 697. The van der Waals surface area contributed by atoms with E-state index >= 15 is 0 Å². The van der Waals surface area contributed by atoms with E-state index in [1.165, 1.54) is 0 Å². The molecule has 1 amide bonds. The van der Waals surface area contributed by atoms with Crippen molar-refractivity contribution in [3.8, 4) is 0 Å². The van der Waals surface area contributed by atoms with E-state index in [0.717, 1.165) is 10.9 Å². The zero-order valence-corrected chi connectivity index (χ0v) is 9.84. The summed E-state index contributed by atoms with van der Waals surface area (Å²) in [6.45, 7) is 0. The van der Waals surface area contributed by atoms with Gasteiger partial charge in [0.15, 0.2) is 0 Å². The van der Waals surface area contributed by atoms with Gasteiger partial charge >= 0.3 is 0 Å². The average molecular weight is 240 g/mol. The standard InChI is InChI=1S/C13H12N4O/c1-17-5-4-9-6-10(2-3-12(9)17)13(18)16-11-7-14-15-8-11/h2-8H,1H3,(H,14,15)(H,16,18). The second kappa shape index (κ2) is 4.03. The van der Waals surface area contributed by atoms with Crippen molar-refractivity contribution in [3.63, 3.8) is 0 Å². The number of nitrogens with zero attached hydrogens (tertiary/aromatic N) is 2. The fourth-order valence-electron chi connectivity index (χ4n) is 1.95. The molecule has 18 heavy (non-hydrogen) atoms. The quantitative estimate of drug-likeness (QED) is 0.721. The fourth-order valence-corrected chi connectivity index (χ4v) is 1.95. The Morgan fingerprint density at radius 3 is 3.06 bits per heavy atom. The van der Waals surface area contributed by atoms with Crippen LogP contribution < -0.4 is 5.32 Å². The zero-order chi connectivity index (χ0) is 12.5. The molecule has 0 unspecified atom stereocenters. The molecule has 90 valence electrons. The molecule has 3 rings (SSSR count). The van der Waals surface area contributed by atoms with Crippen LogP contribution in [-0.2, 0) is 7.05 Å². The number of aromatic amines is 1. The Hall–Kier alpha value is -2.56. The van der Waals surface area contributed by atoms with Crippen LogP contribution >= 0.6 is 0 Å². The molecule has 0 spiro atoms. The summed E-state index contributed by atoms with van der Waals surface area (Å²) >= 11 is 0. The molecule has 3 aromatic rings. The zero-order valence-electron chi connectivity index (χ0n) is 9.84. The van der Waals surface area contributed by atoms with E-state index in [1.807, 2.05) is 42.1 Å². The van der Waals surface area contributed by atoms with Crippen LogP contribution in [0.1, 0.15) is 10.4 Å². The molecule has 5 nitrogen and oxygen atoms in total. The predicted octanol–water partition coefficient (Wildman–Crippen LogP) is 2.15. The molecular formula is C13H12N4O. The highest BCUT2D eigenvalue weighted by Crippen LogP contribution is 2.17. The van der Waals surface area contributed by atoms with Crippen molar-refractivity contribution in [1.82, 2.24) is 14.8 Å². The second-order valence-electron chi connectivity index (χ2n) is 4.14. The normalized spacial score (nSPS) is 10.7. The van der Waals surface area contributed by atoms with E-state index in [9.17, 15) is 4.79 Å². The minimum absolute atomic E-state index is 0.137. The molecular weight excluding hydrogens is 228 g/mol. The van der Waals surface area contributed by atoms with Crippen LogP contribution in [0, 0.1) is 0 Å². The predicted molar refractivity (Wildman–Crippen MR) is 69.5 cm³/mol. The smallest absolute Gasteiger partial charge is 0.255 e. The number of H-pyrrole nitrogens is 1.